The van der Waals surface area contributed by atoms with Crippen molar-refractivity contribution in [2.45, 2.75) is 6.92 Å². The third kappa shape index (κ3) is 3.37. The maximum Gasteiger partial charge on any atom is 0.216 e. The van der Waals surface area contributed by atoms with E-state index < -0.39 is 0 Å². The van der Waals surface area contributed by atoms with E-state index in [2.05, 4.69) is 15.3 Å². The Morgan fingerprint density at radius 1 is 1.22 bits per heavy atom. The predicted octanol–water partition coefficient (Wildman–Crippen LogP) is 3.81. The molecule has 3 rings (SSSR count). The van der Waals surface area contributed by atoms with Crippen molar-refractivity contribution >= 4 is 18.4 Å². The van der Waals surface area contributed by atoms with Gasteiger partial charge in [0.05, 0.1) is 13.3 Å². The Balaban J connectivity index is 1.99. The van der Waals surface area contributed by atoms with Gasteiger partial charge in [-0.1, -0.05) is 35.9 Å². The molecule has 0 aliphatic carbocycles. The molecule has 0 aliphatic rings. The number of rotatable bonds is 4. The molecule has 0 saturated carbocycles. The van der Waals surface area contributed by atoms with Crippen LogP contribution < -0.4 is 4.74 Å². The molecule has 0 fully saturated rings. The average molecular weight is 324 g/mol. The van der Waals surface area contributed by atoms with Crippen LogP contribution >= 0.6 is 12.2 Å². The highest BCUT2D eigenvalue weighted by Crippen LogP contribution is 2.18. The number of H-pyrrole nitrogens is 1. The van der Waals surface area contributed by atoms with E-state index >= 15 is 0 Å². The molecule has 116 valence electrons. The van der Waals surface area contributed by atoms with Gasteiger partial charge in [-0.2, -0.15) is 14.9 Å². The topological polar surface area (TPSA) is 55.2 Å². The van der Waals surface area contributed by atoms with Gasteiger partial charge < -0.3 is 4.74 Å². The lowest BCUT2D eigenvalue weighted by atomic mass is 10.1. The van der Waals surface area contributed by atoms with E-state index in [0.29, 0.717) is 10.6 Å². The molecule has 6 heteroatoms. The SMILES string of the molecule is COc1cccc(/C=N/n2c(-c3cccc(C)c3)n[nH]c2=S)c1. The van der Waals surface area contributed by atoms with Gasteiger partial charge in [-0.25, -0.2) is 5.10 Å². The molecule has 23 heavy (non-hydrogen) atoms. The number of benzene rings is 2. The van der Waals surface area contributed by atoms with Crippen molar-refractivity contribution < 1.29 is 4.74 Å². The summed E-state index contributed by atoms with van der Waals surface area (Å²) in [6.07, 6.45) is 1.73. The monoisotopic (exact) mass is 324 g/mol. The van der Waals surface area contributed by atoms with E-state index in [1.54, 1.807) is 18.0 Å². The molecular formula is C17H16N4OS. The van der Waals surface area contributed by atoms with Crippen LogP contribution in [0, 0.1) is 11.7 Å². The fourth-order valence-electron chi connectivity index (χ4n) is 2.22. The van der Waals surface area contributed by atoms with Gasteiger partial charge in [0.1, 0.15) is 5.75 Å². The lowest BCUT2D eigenvalue weighted by Crippen LogP contribution is -1.95. The molecule has 3 aromatic rings. The Morgan fingerprint density at radius 2 is 2.04 bits per heavy atom. The Morgan fingerprint density at radius 3 is 2.83 bits per heavy atom. The van der Waals surface area contributed by atoms with Crippen molar-refractivity contribution in [3.8, 4) is 17.1 Å². The van der Waals surface area contributed by atoms with Gasteiger partial charge in [0.25, 0.3) is 0 Å². The Labute approximate surface area is 139 Å². The van der Waals surface area contributed by atoms with Crippen LogP contribution in [-0.2, 0) is 0 Å². The van der Waals surface area contributed by atoms with Crippen LogP contribution in [0.1, 0.15) is 11.1 Å². The number of methoxy groups -OCH3 is 1. The van der Waals surface area contributed by atoms with Crippen LogP contribution in [0.15, 0.2) is 53.6 Å². The summed E-state index contributed by atoms with van der Waals surface area (Å²) in [4.78, 5) is 0. The number of hydrogen-bond acceptors (Lipinski definition) is 4. The Kier molecular flexibility index (Phi) is 4.34. The molecular weight excluding hydrogens is 308 g/mol. The molecule has 1 heterocycles. The number of aryl methyl sites for hydroxylation is 1. The van der Waals surface area contributed by atoms with Crippen molar-refractivity contribution in [1.29, 1.82) is 0 Å². The molecule has 0 aliphatic heterocycles. The van der Waals surface area contributed by atoms with E-state index in [9.17, 15) is 0 Å². The van der Waals surface area contributed by atoms with Gasteiger partial charge in [-0.15, -0.1) is 0 Å². The highest BCUT2D eigenvalue weighted by atomic mass is 32.1. The van der Waals surface area contributed by atoms with Crippen LogP contribution in [0.4, 0.5) is 0 Å². The van der Waals surface area contributed by atoms with E-state index in [4.69, 9.17) is 17.0 Å². The molecule has 2 aromatic carbocycles. The fourth-order valence-corrected chi connectivity index (χ4v) is 2.40. The Hall–Kier alpha value is -2.73. The summed E-state index contributed by atoms with van der Waals surface area (Å²) < 4.78 is 7.27. The molecule has 0 unspecified atom stereocenters. The summed E-state index contributed by atoms with van der Waals surface area (Å²) in [7, 11) is 1.64. The van der Waals surface area contributed by atoms with Gasteiger partial charge in [0.2, 0.25) is 4.77 Å². The first-order chi connectivity index (χ1) is 11.2. The normalized spacial score (nSPS) is 11.0. The number of hydrogen-bond donors (Lipinski definition) is 1. The van der Waals surface area contributed by atoms with E-state index in [1.807, 2.05) is 55.5 Å². The molecule has 0 bridgehead atoms. The molecule has 0 atom stereocenters. The summed E-state index contributed by atoms with van der Waals surface area (Å²) in [5.74, 6) is 1.46. The van der Waals surface area contributed by atoms with Crippen LogP contribution in [0.5, 0.6) is 5.75 Å². The molecule has 1 N–H and O–H groups in total. The summed E-state index contributed by atoms with van der Waals surface area (Å²) in [6, 6.07) is 15.7. The zero-order valence-corrected chi connectivity index (χ0v) is 13.7. The van der Waals surface area contributed by atoms with Crippen molar-refractivity contribution in [2.24, 2.45) is 5.10 Å². The van der Waals surface area contributed by atoms with E-state index in [1.165, 1.54) is 0 Å². The van der Waals surface area contributed by atoms with Crippen molar-refractivity contribution in [3.63, 3.8) is 0 Å². The fraction of sp³-hybridized carbons (Fsp3) is 0.118. The molecule has 0 saturated heterocycles. The molecule has 0 radical (unpaired) electrons. The zero-order valence-electron chi connectivity index (χ0n) is 12.9. The predicted molar refractivity (Wildman–Crippen MR) is 93.6 cm³/mol. The number of ether oxygens (including phenoxy) is 1. The van der Waals surface area contributed by atoms with Crippen molar-refractivity contribution in [3.05, 3.63) is 64.4 Å². The van der Waals surface area contributed by atoms with Crippen molar-refractivity contribution in [1.82, 2.24) is 14.9 Å². The third-order valence-electron chi connectivity index (χ3n) is 3.34. The second-order valence-electron chi connectivity index (χ2n) is 5.05. The first-order valence-electron chi connectivity index (χ1n) is 7.10. The number of aromatic nitrogens is 3. The quantitative estimate of drug-likeness (QED) is 0.586. The van der Waals surface area contributed by atoms with Gasteiger partial charge in [-0.05, 0) is 42.9 Å². The minimum absolute atomic E-state index is 0.445. The van der Waals surface area contributed by atoms with E-state index in [-0.39, 0.29) is 0 Å². The van der Waals surface area contributed by atoms with E-state index in [0.717, 1.165) is 22.4 Å². The largest absolute Gasteiger partial charge is 0.497 e. The maximum atomic E-state index is 5.28. The summed E-state index contributed by atoms with van der Waals surface area (Å²) in [5, 5.41) is 11.5. The second-order valence-corrected chi connectivity index (χ2v) is 5.44. The standard InChI is InChI=1S/C17H16N4OS/c1-12-5-3-7-14(9-12)16-19-20-17(23)21(16)18-11-13-6-4-8-15(10-13)22-2/h3-11H,1-2H3,(H,20,23)/b18-11+. The maximum absolute atomic E-state index is 5.28. The number of nitrogens with zero attached hydrogens (tertiary/aromatic N) is 3. The van der Waals surface area contributed by atoms with Gasteiger partial charge in [-0.3, -0.25) is 0 Å². The van der Waals surface area contributed by atoms with Crippen molar-refractivity contribution in [2.75, 3.05) is 7.11 Å². The van der Waals surface area contributed by atoms with Gasteiger partial charge in [0.15, 0.2) is 5.82 Å². The average Bonchev–Trinajstić information content (AvgIpc) is 2.94. The summed E-state index contributed by atoms with van der Waals surface area (Å²) in [5.41, 5.74) is 3.03. The molecule has 0 amide bonds. The molecule has 5 nitrogen and oxygen atoms in total. The van der Waals surface area contributed by atoms with Crippen LogP contribution in [0.2, 0.25) is 0 Å². The first kappa shape index (κ1) is 15.2. The number of nitrogens with one attached hydrogen (secondary N) is 1. The highest BCUT2D eigenvalue weighted by molar-refractivity contribution is 7.71. The lowest BCUT2D eigenvalue weighted by Gasteiger charge is -2.03. The second kappa shape index (κ2) is 6.58. The highest BCUT2D eigenvalue weighted by Gasteiger charge is 2.08. The Bertz CT molecular complexity index is 911. The van der Waals surface area contributed by atoms with Gasteiger partial charge >= 0.3 is 0 Å². The smallest absolute Gasteiger partial charge is 0.216 e. The third-order valence-corrected chi connectivity index (χ3v) is 3.61. The zero-order chi connectivity index (χ0) is 16.2. The van der Waals surface area contributed by atoms with Crippen LogP contribution in [0.25, 0.3) is 11.4 Å². The molecule has 0 spiro atoms. The summed E-state index contributed by atoms with van der Waals surface area (Å²) in [6.45, 7) is 2.04. The minimum Gasteiger partial charge on any atom is -0.497 e. The summed E-state index contributed by atoms with van der Waals surface area (Å²) >= 11 is 5.28. The molecule has 1 aromatic heterocycles. The van der Waals surface area contributed by atoms with Gasteiger partial charge in [0, 0.05) is 5.56 Å². The van der Waals surface area contributed by atoms with Crippen LogP contribution in [-0.4, -0.2) is 28.2 Å². The minimum atomic E-state index is 0.445. The first-order valence-corrected chi connectivity index (χ1v) is 7.51. The van der Waals surface area contributed by atoms with Crippen LogP contribution in [0.3, 0.4) is 0 Å². The number of aromatic amines is 1. The lowest BCUT2D eigenvalue weighted by molar-refractivity contribution is 0.415.